The Morgan fingerprint density at radius 3 is 2.42 bits per heavy atom. The van der Waals surface area contributed by atoms with Crippen LogP contribution in [-0.4, -0.2) is 57.4 Å². The minimum absolute atomic E-state index is 0.0637. The molecule has 0 bridgehead atoms. The lowest BCUT2D eigenvalue weighted by Crippen LogP contribution is -2.37. The predicted molar refractivity (Wildman–Crippen MR) is 82.4 cm³/mol. The molecular weight excluding hydrogens is 329 g/mol. The molecule has 0 rings (SSSR count). The van der Waals surface area contributed by atoms with E-state index in [0.29, 0.717) is 51.9 Å². The smallest absolute Gasteiger partial charge is 0.382 e. The Morgan fingerprint density at radius 1 is 1.08 bits per heavy atom. The first-order chi connectivity index (χ1) is 11.3. The summed E-state index contributed by atoms with van der Waals surface area (Å²) in [6.07, 6.45) is -1.85. The van der Waals surface area contributed by atoms with Gasteiger partial charge in [-0.25, -0.2) is 0 Å². The Balaban J connectivity index is 3.57. The molecule has 0 heterocycles. The zero-order valence-electron chi connectivity index (χ0n) is 14.0. The number of halogens is 3. The number of rotatable bonds is 14. The van der Waals surface area contributed by atoms with Crippen molar-refractivity contribution in [3.63, 3.8) is 0 Å². The van der Waals surface area contributed by atoms with E-state index >= 15 is 0 Å². The van der Waals surface area contributed by atoms with Gasteiger partial charge in [0.1, 0.15) is 5.78 Å². The number of ether oxygens (including phenoxy) is 2. The first kappa shape index (κ1) is 22.8. The SMILES string of the molecule is COCCOCCCCC(=O)C(N)CCCCNC(=O)C(F)(F)F. The topological polar surface area (TPSA) is 90.7 Å². The number of Topliss-reactive ketones (excluding diaryl/α,β-unsaturated/α-hetero) is 1. The molecule has 24 heavy (non-hydrogen) atoms. The van der Waals surface area contributed by atoms with Crippen LogP contribution in [0.3, 0.4) is 0 Å². The molecule has 0 aromatic rings. The van der Waals surface area contributed by atoms with E-state index in [0.717, 1.165) is 6.42 Å². The first-order valence-electron chi connectivity index (χ1n) is 7.99. The van der Waals surface area contributed by atoms with Crippen molar-refractivity contribution in [3.8, 4) is 0 Å². The van der Waals surface area contributed by atoms with Gasteiger partial charge in [0.05, 0.1) is 19.3 Å². The number of amides is 1. The largest absolute Gasteiger partial charge is 0.471 e. The van der Waals surface area contributed by atoms with Gasteiger partial charge in [-0.15, -0.1) is 0 Å². The number of methoxy groups -OCH3 is 1. The van der Waals surface area contributed by atoms with Crippen molar-refractivity contribution in [2.24, 2.45) is 5.73 Å². The molecule has 0 saturated carbocycles. The molecule has 9 heteroatoms. The van der Waals surface area contributed by atoms with Crippen LogP contribution in [-0.2, 0) is 19.1 Å². The van der Waals surface area contributed by atoms with E-state index in [9.17, 15) is 22.8 Å². The van der Waals surface area contributed by atoms with Crippen molar-refractivity contribution in [2.45, 2.75) is 50.7 Å². The third kappa shape index (κ3) is 12.3. The highest BCUT2D eigenvalue weighted by atomic mass is 19.4. The van der Waals surface area contributed by atoms with Crippen LogP contribution >= 0.6 is 0 Å². The lowest BCUT2D eigenvalue weighted by atomic mass is 10.0. The van der Waals surface area contributed by atoms with Crippen LogP contribution in [0.1, 0.15) is 38.5 Å². The van der Waals surface area contributed by atoms with E-state index in [1.54, 1.807) is 12.4 Å². The monoisotopic (exact) mass is 356 g/mol. The zero-order chi connectivity index (χ0) is 18.4. The molecule has 0 aliphatic heterocycles. The maximum atomic E-state index is 11.9. The van der Waals surface area contributed by atoms with Crippen LogP contribution in [0.15, 0.2) is 0 Å². The second-order valence-corrected chi connectivity index (χ2v) is 5.38. The second-order valence-electron chi connectivity index (χ2n) is 5.38. The number of alkyl halides is 3. The maximum Gasteiger partial charge on any atom is 0.471 e. The molecule has 0 spiro atoms. The predicted octanol–water partition coefficient (Wildman–Crippen LogP) is 1.56. The molecule has 0 radical (unpaired) electrons. The van der Waals surface area contributed by atoms with Gasteiger partial charge in [0, 0.05) is 26.7 Å². The summed E-state index contributed by atoms with van der Waals surface area (Å²) in [5, 5.41) is 1.78. The molecule has 6 nitrogen and oxygen atoms in total. The van der Waals surface area contributed by atoms with Gasteiger partial charge in [0.25, 0.3) is 0 Å². The normalized spacial score (nSPS) is 12.9. The highest BCUT2D eigenvalue weighted by molar-refractivity contribution is 5.83. The van der Waals surface area contributed by atoms with Crippen molar-refractivity contribution < 1.29 is 32.2 Å². The summed E-state index contributed by atoms with van der Waals surface area (Å²) in [5.41, 5.74) is 5.74. The summed E-state index contributed by atoms with van der Waals surface area (Å²) in [5.74, 6) is -2.01. The molecule has 0 fully saturated rings. The number of ketones is 1. The van der Waals surface area contributed by atoms with Crippen LogP contribution in [0.4, 0.5) is 13.2 Å². The quantitative estimate of drug-likeness (QED) is 0.461. The Labute approximate surface area is 140 Å². The fourth-order valence-corrected chi connectivity index (χ4v) is 1.89. The third-order valence-electron chi connectivity index (χ3n) is 3.29. The average Bonchev–Trinajstić information content (AvgIpc) is 2.52. The Morgan fingerprint density at radius 2 is 1.79 bits per heavy atom. The van der Waals surface area contributed by atoms with Gasteiger partial charge in [-0.2, -0.15) is 13.2 Å². The number of hydrogen-bond donors (Lipinski definition) is 2. The molecule has 142 valence electrons. The van der Waals surface area contributed by atoms with Crippen LogP contribution in [0, 0.1) is 0 Å². The molecule has 0 aromatic carbocycles. The third-order valence-corrected chi connectivity index (χ3v) is 3.29. The lowest BCUT2D eigenvalue weighted by Gasteiger charge is -2.11. The van der Waals surface area contributed by atoms with Crippen LogP contribution < -0.4 is 11.1 Å². The number of unbranched alkanes of at least 4 members (excludes halogenated alkanes) is 2. The van der Waals surface area contributed by atoms with Gasteiger partial charge in [-0.05, 0) is 32.1 Å². The van der Waals surface area contributed by atoms with Crippen molar-refractivity contribution in [3.05, 3.63) is 0 Å². The Bertz CT molecular complexity index is 365. The number of nitrogens with one attached hydrogen (secondary N) is 1. The number of nitrogens with two attached hydrogens (primary N) is 1. The van der Waals surface area contributed by atoms with Crippen molar-refractivity contribution >= 4 is 11.7 Å². The minimum atomic E-state index is -4.86. The fraction of sp³-hybridized carbons (Fsp3) is 0.867. The zero-order valence-corrected chi connectivity index (χ0v) is 14.0. The summed E-state index contributed by atoms with van der Waals surface area (Å²) in [7, 11) is 1.59. The van der Waals surface area contributed by atoms with E-state index in [1.807, 2.05) is 0 Å². The Kier molecular flexibility index (Phi) is 12.5. The summed E-state index contributed by atoms with van der Waals surface area (Å²) >= 11 is 0. The van der Waals surface area contributed by atoms with E-state index in [1.165, 1.54) is 0 Å². The molecule has 1 unspecified atom stereocenters. The van der Waals surface area contributed by atoms with Crippen LogP contribution in [0.5, 0.6) is 0 Å². The molecule has 0 aliphatic rings. The van der Waals surface area contributed by atoms with E-state index in [-0.39, 0.29) is 12.3 Å². The maximum absolute atomic E-state index is 11.9. The van der Waals surface area contributed by atoms with Gasteiger partial charge in [0.15, 0.2) is 0 Å². The summed E-state index contributed by atoms with van der Waals surface area (Å²) < 4.78 is 45.9. The van der Waals surface area contributed by atoms with Crippen LogP contribution in [0.2, 0.25) is 0 Å². The van der Waals surface area contributed by atoms with E-state index in [2.05, 4.69) is 0 Å². The van der Waals surface area contributed by atoms with E-state index in [4.69, 9.17) is 15.2 Å². The minimum Gasteiger partial charge on any atom is -0.382 e. The molecule has 1 atom stereocenters. The van der Waals surface area contributed by atoms with Gasteiger partial charge in [-0.3, -0.25) is 9.59 Å². The van der Waals surface area contributed by atoms with Gasteiger partial charge in [0.2, 0.25) is 0 Å². The Hall–Kier alpha value is -1.19. The summed E-state index contributed by atoms with van der Waals surface area (Å²) in [6.45, 7) is 1.53. The summed E-state index contributed by atoms with van der Waals surface area (Å²) in [4.78, 5) is 22.3. The highest BCUT2D eigenvalue weighted by Gasteiger charge is 2.38. The standard InChI is InChI=1S/C15H27F3N2O4/c1-23-10-11-24-9-5-3-7-13(21)12(19)6-2-4-8-20-14(22)15(16,17)18/h12H,2-11,19H2,1H3,(H,20,22). The van der Waals surface area contributed by atoms with Crippen LogP contribution in [0.25, 0.3) is 0 Å². The van der Waals surface area contributed by atoms with Gasteiger partial charge >= 0.3 is 12.1 Å². The van der Waals surface area contributed by atoms with Crippen molar-refractivity contribution in [1.29, 1.82) is 0 Å². The number of hydrogen-bond acceptors (Lipinski definition) is 5. The van der Waals surface area contributed by atoms with Gasteiger partial charge < -0.3 is 20.5 Å². The second kappa shape index (κ2) is 13.1. The molecular formula is C15H27F3N2O4. The summed E-state index contributed by atoms with van der Waals surface area (Å²) in [6, 6.07) is -0.613. The van der Waals surface area contributed by atoms with Gasteiger partial charge in [-0.1, -0.05) is 0 Å². The molecule has 0 aliphatic carbocycles. The van der Waals surface area contributed by atoms with Crippen molar-refractivity contribution in [1.82, 2.24) is 5.32 Å². The fourth-order valence-electron chi connectivity index (χ4n) is 1.89. The number of carbonyl (C=O) groups excluding carboxylic acids is 2. The average molecular weight is 356 g/mol. The molecule has 0 saturated heterocycles. The molecule has 3 N–H and O–H groups in total. The lowest BCUT2D eigenvalue weighted by molar-refractivity contribution is -0.173. The number of carbonyl (C=O) groups is 2. The first-order valence-corrected chi connectivity index (χ1v) is 7.99. The molecule has 1 amide bonds. The molecule has 0 aromatic heterocycles. The van der Waals surface area contributed by atoms with Crippen molar-refractivity contribution in [2.75, 3.05) is 33.5 Å². The highest BCUT2D eigenvalue weighted by Crippen LogP contribution is 2.14. The van der Waals surface area contributed by atoms with E-state index < -0.39 is 18.1 Å².